The molecule has 38 heavy (non-hydrogen) atoms. The number of para-hydroxylation sites is 1. The fraction of sp³-hybridized carbons (Fsp3) is 0.292. The molecule has 1 aliphatic heterocycles. The van der Waals surface area contributed by atoms with Crippen LogP contribution in [-0.4, -0.2) is 45.7 Å². The van der Waals surface area contributed by atoms with E-state index in [2.05, 4.69) is 30.9 Å². The number of aromatic nitrogens is 3. The Morgan fingerprint density at radius 2 is 1.89 bits per heavy atom. The smallest absolute Gasteiger partial charge is 0.407 e. The zero-order valence-electron chi connectivity index (χ0n) is 19.9. The molecule has 1 aromatic carbocycles. The van der Waals surface area contributed by atoms with Crippen LogP contribution < -0.4 is 20.7 Å². The molecule has 0 radical (unpaired) electrons. The van der Waals surface area contributed by atoms with E-state index in [9.17, 15) is 22.8 Å². The van der Waals surface area contributed by atoms with Gasteiger partial charge in [0.25, 0.3) is 0 Å². The Hall–Kier alpha value is -3.97. The van der Waals surface area contributed by atoms with Crippen LogP contribution in [0.3, 0.4) is 0 Å². The highest BCUT2D eigenvalue weighted by atomic mass is 35.5. The van der Waals surface area contributed by atoms with Gasteiger partial charge in [-0.2, -0.15) is 13.2 Å². The standard InChI is InChI=1S/C24H22ClF3N6O4/c1-14-29-10-16(11-30-14)38-22(36)34-23(6-7-37-13-23)21(35)32-12-20-18(25)8-15(9-31-20)33-19-5-3-2-4-17(19)24(26,27)28/h2-5,8-11,33H,6-7,12-13H2,1H3,(H,32,35)(H,34,36)/t23-/m0/s1. The van der Waals surface area contributed by atoms with E-state index in [0.717, 1.165) is 6.07 Å². The van der Waals surface area contributed by atoms with E-state index in [0.29, 0.717) is 5.82 Å². The molecule has 14 heteroatoms. The molecule has 1 aliphatic rings. The second kappa shape index (κ2) is 11.2. The molecule has 3 aromatic rings. The number of amides is 2. The summed E-state index contributed by atoms with van der Waals surface area (Å²) in [6.07, 6.45) is -1.28. The van der Waals surface area contributed by atoms with E-state index >= 15 is 0 Å². The van der Waals surface area contributed by atoms with Crippen molar-refractivity contribution in [3.8, 4) is 5.75 Å². The van der Waals surface area contributed by atoms with Crippen LogP contribution in [0.1, 0.15) is 23.5 Å². The Labute approximate surface area is 219 Å². The molecule has 10 nitrogen and oxygen atoms in total. The lowest BCUT2D eigenvalue weighted by atomic mass is 9.97. The first-order chi connectivity index (χ1) is 18.1. The Morgan fingerprint density at radius 3 is 2.55 bits per heavy atom. The third-order valence-corrected chi connectivity index (χ3v) is 5.94. The van der Waals surface area contributed by atoms with Crippen molar-refractivity contribution in [2.24, 2.45) is 0 Å². The zero-order chi connectivity index (χ0) is 27.3. The van der Waals surface area contributed by atoms with Gasteiger partial charge in [-0.3, -0.25) is 9.78 Å². The first-order valence-electron chi connectivity index (χ1n) is 11.3. The van der Waals surface area contributed by atoms with Crippen molar-refractivity contribution in [3.05, 3.63) is 71.0 Å². The highest BCUT2D eigenvalue weighted by Crippen LogP contribution is 2.36. The zero-order valence-corrected chi connectivity index (χ0v) is 20.7. The van der Waals surface area contributed by atoms with Gasteiger partial charge < -0.3 is 25.4 Å². The molecule has 1 saturated heterocycles. The molecule has 2 amide bonds. The molecule has 2 aromatic heterocycles. The summed E-state index contributed by atoms with van der Waals surface area (Å²) < 4.78 is 50.3. The summed E-state index contributed by atoms with van der Waals surface area (Å²) >= 11 is 6.29. The molecule has 0 saturated carbocycles. The van der Waals surface area contributed by atoms with Gasteiger partial charge in [0.05, 0.1) is 59.4 Å². The number of ether oxygens (including phenoxy) is 2. The largest absolute Gasteiger partial charge is 0.418 e. The number of carbonyl (C=O) groups is 2. The molecule has 3 heterocycles. The summed E-state index contributed by atoms with van der Waals surface area (Å²) in [5.74, 6) is 0.0522. The summed E-state index contributed by atoms with van der Waals surface area (Å²) in [6, 6.07) is 6.41. The van der Waals surface area contributed by atoms with Gasteiger partial charge in [-0.05, 0) is 25.1 Å². The number of benzene rings is 1. The third-order valence-electron chi connectivity index (χ3n) is 5.61. The van der Waals surface area contributed by atoms with Gasteiger partial charge in [0.2, 0.25) is 5.91 Å². The van der Waals surface area contributed by atoms with Crippen molar-refractivity contribution in [2.45, 2.75) is 31.6 Å². The molecule has 0 bridgehead atoms. The number of aryl methyl sites for hydroxylation is 1. The lowest BCUT2D eigenvalue weighted by molar-refractivity contribution is -0.137. The van der Waals surface area contributed by atoms with Crippen LogP contribution in [0.5, 0.6) is 5.75 Å². The minimum atomic E-state index is -4.54. The normalized spacial score (nSPS) is 17.1. The maximum Gasteiger partial charge on any atom is 0.418 e. The lowest BCUT2D eigenvalue weighted by Crippen LogP contribution is -2.59. The monoisotopic (exact) mass is 550 g/mol. The van der Waals surface area contributed by atoms with Crippen molar-refractivity contribution in [1.82, 2.24) is 25.6 Å². The number of carbonyl (C=O) groups excluding carboxylic acids is 2. The van der Waals surface area contributed by atoms with Crippen LogP contribution in [-0.2, 0) is 22.3 Å². The number of pyridine rings is 1. The van der Waals surface area contributed by atoms with Crippen LogP contribution >= 0.6 is 11.6 Å². The minimum Gasteiger partial charge on any atom is -0.407 e. The average Bonchev–Trinajstić information content (AvgIpc) is 3.34. The van der Waals surface area contributed by atoms with Gasteiger partial charge in [-0.1, -0.05) is 23.7 Å². The van der Waals surface area contributed by atoms with Crippen LogP contribution in [0.4, 0.5) is 29.3 Å². The van der Waals surface area contributed by atoms with Crippen LogP contribution in [0.15, 0.2) is 48.9 Å². The number of hydrogen-bond acceptors (Lipinski definition) is 8. The SMILES string of the molecule is Cc1ncc(OC(=O)N[C@@]2(C(=O)NCc3ncc(Nc4ccccc4C(F)(F)F)cc3Cl)CCOC2)cn1. The molecule has 4 rings (SSSR count). The third kappa shape index (κ3) is 6.47. The molecule has 0 aliphatic carbocycles. The predicted molar refractivity (Wildman–Crippen MR) is 130 cm³/mol. The summed E-state index contributed by atoms with van der Waals surface area (Å²) in [6.45, 7) is 1.72. The number of alkyl halides is 3. The number of nitrogens with zero attached hydrogens (tertiary/aromatic N) is 3. The Kier molecular flexibility index (Phi) is 7.97. The van der Waals surface area contributed by atoms with E-state index in [1.165, 1.54) is 42.9 Å². The van der Waals surface area contributed by atoms with E-state index in [1.807, 2.05) is 0 Å². The second-order valence-electron chi connectivity index (χ2n) is 8.37. The van der Waals surface area contributed by atoms with E-state index in [-0.39, 0.29) is 54.0 Å². The fourth-order valence-electron chi connectivity index (χ4n) is 3.65. The van der Waals surface area contributed by atoms with Crippen molar-refractivity contribution >= 4 is 35.0 Å². The molecule has 1 atom stereocenters. The minimum absolute atomic E-state index is 0.0824. The van der Waals surface area contributed by atoms with Crippen molar-refractivity contribution in [1.29, 1.82) is 0 Å². The topological polar surface area (TPSA) is 127 Å². The number of hydrogen-bond donors (Lipinski definition) is 3. The van der Waals surface area contributed by atoms with Gasteiger partial charge in [0, 0.05) is 13.0 Å². The summed E-state index contributed by atoms with van der Waals surface area (Å²) in [5, 5.41) is 8.00. The van der Waals surface area contributed by atoms with Gasteiger partial charge in [0.1, 0.15) is 11.4 Å². The maximum absolute atomic E-state index is 13.3. The number of anilines is 2. The van der Waals surface area contributed by atoms with Gasteiger partial charge in [-0.25, -0.2) is 14.8 Å². The lowest BCUT2D eigenvalue weighted by Gasteiger charge is -2.27. The Bertz CT molecular complexity index is 1320. The predicted octanol–water partition coefficient (Wildman–Crippen LogP) is 4.16. The van der Waals surface area contributed by atoms with Crippen molar-refractivity contribution < 1.29 is 32.2 Å². The maximum atomic E-state index is 13.3. The molecule has 200 valence electrons. The van der Waals surface area contributed by atoms with Crippen LogP contribution in [0, 0.1) is 6.92 Å². The average molecular weight is 551 g/mol. The second-order valence-corrected chi connectivity index (χ2v) is 8.78. The first kappa shape index (κ1) is 27.1. The summed E-state index contributed by atoms with van der Waals surface area (Å²) in [5.41, 5.74) is -1.89. The molecule has 0 unspecified atom stereocenters. The Balaban J connectivity index is 1.39. The highest BCUT2D eigenvalue weighted by Gasteiger charge is 2.44. The summed E-state index contributed by atoms with van der Waals surface area (Å²) in [7, 11) is 0. The number of nitrogens with one attached hydrogen (secondary N) is 3. The van der Waals surface area contributed by atoms with Crippen LogP contribution in [0.2, 0.25) is 5.02 Å². The molecule has 0 spiro atoms. The van der Waals surface area contributed by atoms with E-state index in [1.54, 1.807) is 6.92 Å². The van der Waals surface area contributed by atoms with Crippen molar-refractivity contribution in [3.63, 3.8) is 0 Å². The van der Waals surface area contributed by atoms with Gasteiger partial charge in [-0.15, -0.1) is 0 Å². The van der Waals surface area contributed by atoms with Gasteiger partial charge in [0.15, 0.2) is 5.75 Å². The highest BCUT2D eigenvalue weighted by molar-refractivity contribution is 6.31. The molecular formula is C24H22ClF3N6O4. The van der Waals surface area contributed by atoms with E-state index < -0.39 is 29.3 Å². The number of halogens is 4. The van der Waals surface area contributed by atoms with Gasteiger partial charge >= 0.3 is 12.3 Å². The first-order valence-corrected chi connectivity index (χ1v) is 11.7. The Morgan fingerprint density at radius 1 is 1.16 bits per heavy atom. The number of rotatable bonds is 7. The molecule has 3 N–H and O–H groups in total. The fourth-order valence-corrected chi connectivity index (χ4v) is 3.89. The van der Waals surface area contributed by atoms with E-state index in [4.69, 9.17) is 21.1 Å². The van der Waals surface area contributed by atoms with Crippen LogP contribution in [0.25, 0.3) is 0 Å². The molecule has 1 fully saturated rings. The van der Waals surface area contributed by atoms with Crippen molar-refractivity contribution in [2.75, 3.05) is 18.5 Å². The quantitative estimate of drug-likeness (QED) is 0.400. The molecular weight excluding hydrogens is 529 g/mol. The summed E-state index contributed by atoms with van der Waals surface area (Å²) in [4.78, 5) is 37.5.